The number of benzene rings is 1. The van der Waals surface area contributed by atoms with Gasteiger partial charge in [-0.1, -0.05) is 12.1 Å². The SMILES string of the molecule is COc1cccc(-c2n[nH]c(=S)n2/N=C\c2cccn2C)c1. The van der Waals surface area contributed by atoms with Crippen LogP contribution in [-0.4, -0.2) is 32.8 Å². The lowest BCUT2D eigenvalue weighted by molar-refractivity contribution is 0.415. The van der Waals surface area contributed by atoms with Crippen LogP contribution < -0.4 is 4.74 Å². The molecule has 0 fully saturated rings. The number of ether oxygens (including phenoxy) is 1. The quantitative estimate of drug-likeness (QED) is 0.595. The molecule has 0 spiro atoms. The largest absolute Gasteiger partial charge is 0.497 e. The highest BCUT2D eigenvalue weighted by molar-refractivity contribution is 7.71. The van der Waals surface area contributed by atoms with E-state index < -0.39 is 0 Å². The predicted octanol–water partition coefficient (Wildman–Crippen LogP) is 2.84. The molecule has 2 heterocycles. The van der Waals surface area contributed by atoms with E-state index in [1.807, 2.05) is 54.2 Å². The molecule has 3 aromatic rings. The van der Waals surface area contributed by atoms with Crippen LogP contribution in [0.2, 0.25) is 0 Å². The Morgan fingerprint density at radius 2 is 2.18 bits per heavy atom. The fourth-order valence-electron chi connectivity index (χ4n) is 2.07. The molecule has 0 saturated heterocycles. The van der Waals surface area contributed by atoms with E-state index in [0.717, 1.165) is 17.0 Å². The molecule has 0 aliphatic heterocycles. The van der Waals surface area contributed by atoms with E-state index >= 15 is 0 Å². The fourth-order valence-corrected chi connectivity index (χ4v) is 2.25. The zero-order chi connectivity index (χ0) is 15.5. The third-order valence-electron chi connectivity index (χ3n) is 3.27. The molecule has 0 saturated carbocycles. The summed E-state index contributed by atoms with van der Waals surface area (Å²) in [6.07, 6.45) is 3.70. The van der Waals surface area contributed by atoms with Crippen LogP contribution in [0.3, 0.4) is 0 Å². The number of methoxy groups -OCH3 is 1. The molecule has 22 heavy (non-hydrogen) atoms. The number of rotatable bonds is 4. The number of aromatic nitrogens is 4. The van der Waals surface area contributed by atoms with E-state index in [2.05, 4.69) is 15.3 Å². The van der Waals surface area contributed by atoms with E-state index in [1.165, 1.54) is 0 Å². The number of nitrogens with zero attached hydrogens (tertiary/aromatic N) is 4. The second kappa shape index (κ2) is 5.98. The third kappa shape index (κ3) is 2.71. The summed E-state index contributed by atoms with van der Waals surface area (Å²) in [5.74, 6) is 1.39. The summed E-state index contributed by atoms with van der Waals surface area (Å²) in [7, 11) is 3.59. The minimum absolute atomic E-state index is 0.434. The van der Waals surface area contributed by atoms with E-state index in [9.17, 15) is 0 Å². The molecule has 6 nitrogen and oxygen atoms in total. The van der Waals surface area contributed by atoms with Crippen LogP contribution in [-0.2, 0) is 7.05 Å². The van der Waals surface area contributed by atoms with Gasteiger partial charge in [0.2, 0.25) is 4.77 Å². The van der Waals surface area contributed by atoms with Gasteiger partial charge in [-0.2, -0.15) is 14.9 Å². The molecular formula is C15H15N5OS. The summed E-state index contributed by atoms with van der Waals surface area (Å²) in [6.45, 7) is 0. The summed E-state index contributed by atoms with van der Waals surface area (Å²) < 4.78 is 9.24. The van der Waals surface area contributed by atoms with Crippen molar-refractivity contribution >= 4 is 18.4 Å². The van der Waals surface area contributed by atoms with Gasteiger partial charge >= 0.3 is 0 Å². The van der Waals surface area contributed by atoms with E-state index in [0.29, 0.717) is 10.6 Å². The highest BCUT2D eigenvalue weighted by Crippen LogP contribution is 2.22. The third-order valence-corrected chi connectivity index (χ3v) is 3.53. The molecule has 112 valence electrons. The molecule has 3 rings (SSSR count). The molecule has 1 N–H and O–H groups in total. The van der Waals surface area contributed by atoms with Gasteiger partial charge in [-0.25, -0.2) is 5.10 Å². The molecule has 0 radical (unpaired) electrons. The van der Waals surface area contributed by atoms with Gasteiger partial charge in [0.15, 0.2) is 5.82 Å². The number of hydrogen-bond donors (Lipinski definition) is 1. The first kappa shape index (κ1) is 14.3. The lowest BCUT2D eigenvalue weighted by atomic mass is 10.2. The highest BCUT2D eigenvalue weighted by atomic mass is 32.1. The van der Waals surface area contributed by atoms with Crippen molar-refractivity contribution in [3.05, 3.63) is 53.1 Å². The van der Waals surface area contributed by atoms with Crippen LogP contribution in [0, 0.1) is 4.77 Å². The molecule has 0 bridgehead atoms. The molecule has 0 unspecified atom stereocenters. The molecule has 0 aliphatic carbocycles. The Bertz CT molecular complexity index is 874. The van der Waals surface area contributed by atoms with Crippen LogP contribution in [0.5, 0.6) is 5.75 Å². The van der Waals surface area contributed by atoms with Gasteiger partial charge < -0.3 is 9.30 Å². The first-order chi connectivity index (χ1) is 10.7. The summed E-state index contributed by atoms with van der Waals surface area (Å²) in [4.78, 5) is 0. The van der Waals surface area contributed by atoms with Gasteiger partial charge in [-0.15, -0.1) is 0 Å². The maximum Gasteiger partial charge on any atom is 0.216 e. The zero-order valence-electron chi connectivity index (χ0n) is 12.2. The first-order valence-electron chi connectivity index (χ1n) is 6.66. The van der Waals surface area contributed by atoms with Crippen molar-refractivity contribution in [2.45, 2.75) is 0 Å². The van der Waals surface area contributed by atoms with Crippen LogP contribution in [0.25, 0.3) is 11.4 Å². The standard InChI is InChI=1S/C15H15N5OS/c1-19-8-4-6-12(19)10-16-20-14(17-18-15(20)22)11-5-3-7-13(9-11)21-2/h3-10H,1-2H3,(H,18,22)/b16-10-. The van der Waals surface area contributed by atoms with Gasteiger partial charge in [-0.05, 0) is 36.5 Å². The van der Waals surface area contributed by atoms with Gasteiger partial charge in [0.25, 0.3) is 0 Å². The van der Waals surface area contributed by atoms with Crippen LogP contribution in [0.1, 0.15) is 5.69 Å². The Labute approximate surface area is 132 Å². The van der Waals surface area contributed by atoms with Crippen LogP contribution >= 0.6 is 12.2 Å². The second-order valence-corrected chi connectivity index (χ2v) is 5.07. The van der Waals surface area contributed by atoms with Gasteiger partial charge in [0.05, 0.1) is 19.0 Å². The number of nitrogens with one attached hydrogen (secondary N) is 1. The minimum atomic E-state index is 0.434. The summed E-state index contributed by atoms with van der Waals surface area (Å²) in [6, 6.07) is 11.5. The average Bonchev–Trinajstić information content (AvgIpc) is 3.11. The maximum absolute atomic E-state index is 5.25. The number of hydrogen-bond acceptors (Lipinski definition) is 4. The minimum Gasteiger partial charge on any atom is -0.497 e. The molecular weight excluding hydrogens is 298 g/mol. The maximum atomic E-state index is 5.25. The average molecular weight is 313 g/mol. The predicted molar refractivity (Wildman–Crippen MR) is 87.8 cm³/mol. The molecule has 0 atom stereocenters. The molecule has 0 amide bonds. The van der Waals surface area contributed by atoms with Crippen molar-refractivity contribution in [1.82, 2.24) is 19.4 Å². The topological polar surface area (TPSA) is 60.1 Å². The van der Waals surface area contributed by atoms with Gasteiger partial charge in [0, 0.05) is 18.8 Å². The summed E-state index contributed by atoms with van der Waals surface area (Å²) in [5, 5.41) is 11.5. The number of H-pyrrole nitrogens is 1. The summed E-state index contributed by atoms with van der Waals surface area (Å²) >= 11 is 5.25. The lowest BCUT2D eigenvalue weighted by Crippen LogP contribution is -1.98. The van der Waals surface area contributed by atoms with Crippen LogP contribution in [0.4, 0.5) is 0 Å². The number of aryl methyl sites for hydroxylation is 1. The second-order valence-electron chi connectivity index (χ2n) is 4.68. The lowest BCUT2D eigenvalue weighted by Gasteiger charge is -2.04. The Hall–Kier alpha value is -2.67. The Morgan fingerprint density at radius 3 is 2.91 bits per heavy atom. The van der Waals surface area contributed by atoms with Crippen molar-refractivity contribution in [3.8, 4) is 17.1 Å². The van der Waals surface area contributed by atoms with Gasteiger partial charge in [-0.3, -0.25) is 0 Å². The smallest absolute Gasteiger partial charge is 0.216 e. The normalized spacial score (nSPS) is 11.2. The summed E-state index contributed by atoms with van der Waals surface area (Å²) in [5.41, 5.74) is 1.84. The van der Waals surface area contributed by atoms with Crippen molar-refractivity contribution in [1.29, 1.82) is 0 Å². The van der Waals surface area contributed by atoms with Crippen molar-refractivity contribution in [2.24, 2.45) is 12.1 Å². The Kier molecular flexibility index (Phi) is 3.88. The zero-order valence-corrected chi connectivity index (χ0v) is 13.0. The highest BCUT2D eigenvalue weighted by Gasteiger charge is 2.09. The molecule has 2 aromatic heterocycles. The van der Waals surface area contributed by atoms with E-state index in [-0.39, 0.29) is 0 Å². The van der Waals surface area contributed by atoms with E-state index in [4.69, 9.17) is 17.0 Å². The Balaban J connectivity index is 2.02. The van der Waals surface area contributed by atoms with Gasteiger partial charge in [0.1, 0.15) is 5.75 Å². The Morgan fingerprint density at radius 1 is 1.32 bits per heavy atom. The van der Waals surface area contributed by atoms with Crippen molar-refractivity contribution in [2.75, 3.05) is 7.11 Å². The molecule has 0 aliphatic rings. The van der Waals surface area contributed by atoms with Crippen molar-refractivity contribution < 1.29 is 4.74 Å². The fraction of sp³-hybridized carbons (Fsp3) is 0.133. The monoisotopic (exact) mass is 313 g/mol. The molecule has 7 heteroatoms. The van der Waals surface area contributed by atoms with Crippen LogP contribution in [0.15, 0.2) is 47.7 Å². The number of aromatic amines is 1. The van der Waals surface area contributed by atoms with E-state index in [1.54, 1.807) is 18.0 Å². The first-order valence-corrected chi connectivity index (χ1v) is 7.07. The molecule has 1 aromatic carbocycles. The van der Waals surface area contributed by atoms with Crippen molar-refractivity contribution in [3.63, 3.8) is 0 Å².